The molecule has 0 N–H and O–H groups in total. The average Bonchev–Trinajstić information content (AvgIpc) is 2.97. The maximum Gasteiger partial charge on any atom is 0.363 e. The second kappa shape index (κ2) is 6.63. The minimum absolute atomic E-state index is 0.208. The van der Waals surface area contributed by atoms with Crippen molar-refractivity contribution in [3.8, 4) is 0 Å². The molecule has 0 atom stereocenters. The lowest BCUT2D eigenvalue weighted by Crippen LogP contribution is -2.06. The molecule has 134 valence electrons. The van der Waals surface area contributed by atoms with Gasteiger partial charge < -0.3 is 4.74 Å². The van der Waals surface area contributed by atoms with Crippen molar-refractivity contribution in [1.29, 1.82) is 0 Å². The summed E-state index contributed by atoms with van der Waals surface area (Å²) in [5.41, 5.74) is 5.67. The maximum absolute atomic E-state index is 12.3. The molecule has 0 aliphatic carbocycles. The first-order valence-corrected chi connectivity index (χ1v) is 8.95. The third-order valence-corrected chi connectivity index (χ3v) is 4.71. The van der Waals surface area contributed by atoms with Crippen molar-refractivity contribution in [2.45, 2.75) is 20.8 Å². The van der Waals surface area contributed by atoms with E-state index in [4.69, 9.17) is 16.3 Å². The monoisotopic (exact) mass is 376 g/mol. The first-order valence-electron chi connectivity index (χ1n) is 8.58. The summed E-state index contributed by atoms with van der Waals surface area (Å²) in [6, 6.07) is 13.8. The fourth-order valence-corrected chi connectivity index (χ4v) is 3.41. The number of aryl methyl sites for hydroxylation is 3. The molecule has 0 bridgehead atoms. The van der Waals surface area contributed by atoms with Crippen LogP contribution in [0.1, 0.15) is 27.8 Å². The molecule has 0 amide bonds. The molecular formula is C22H17ClN2O2. The van der Waals surface area contributed by atoms with Crippen molar-refractivity contribution < 1.29 is 9.53 Å². The second-order valence-electron chi connectivity index (χ2n) is 6.73. The van der Waals surface area contributed by atoms with Crippen molar-refractivity contribution in [2.24, 2.45) is 4.99 Å². The zero-order valence-electron chi connectivity index (χ0n) is 15.2. The summed E-state index contributed by atoms with van der Waals surface area (Å²) in [6.45, 7) is 5.97. The second-order valence-corrected chi connectivity index (χ2v) is 7.09. The van der Waals surface area contributed by atoms with Gasteiger partial charge in [0, 0.05) is 16.5 Å². The van der Waals surface area contributed by atoms with Crippen LogP contribution in [-0.2, 0) is 9.53 Å². The van der Waals surface area contributed by atoms with Crippen molar-refractivity contribution >= 4 is 40.4 Å². The number of hydrogen-bond donors (Lipinski definition) is 0. The molecule has 0 saturated heterocycles. The number of fused-ring (bicyclic) bond motifs is 1. The van der Waals surface area contributed by atoms with Crippen LogP contribution in [0.3, 0.4) is 0 Å². The number of ether oxygens (including phenoxy) is 1. The minimum atomic E-state index is -0.496. The summed E-state index contributed by atoms with van der Waals surface area (Å²) in [4.78, 5) is 21.1. The standard InChI is InChI=1S/C22H17ClN2O2/c1-12-7-13(2)9-17(8-12)21-24-18(22(26)27-21)11-16-10-15-6-4-5-14(3)19(15)25-20(16)23/h4-11H,1-3H3/b18-11-. The molecule has 1 aliphatic rings. The SMILES string of the molecule is Cc1cc(C)cc(C2=N/C(=C\c3cc4cccc(C)c4nc3Cl)C(=O)O2)c1. The Balaban J connectivity index is 1.77. The number of esters is 1. The highest BCUT2D eigenvalue weighted by molar-refractivity contribution is 6.31. The molecule has 4 rings (SSSR count). The van der Waals surface area contributed by atoms with Crippen LogP contribution < -0.4 is 0 Å². The van der Waals surface area contributed by atoms with Crippen molar-refractivity contribution in [2.75, 3.05) is 0 Å². The van der Waals surface area contributed by atoms with Gasteiger partial charge in [-0.1, -0.05) is 47.0 Å². The predicted octanol–water partition coefficient (Wildman–Crippen LogP) is 5.16. The Morgan fingerprint density at radius 2 is 1.78 bits per heavy atom. The number of hydrogen-bond acceptors (Lipinski definition) is 4. The van der Waals surface area contributed by atoms with E-state index in [1.54, 1.807) is 6.08 Å². The van der Waals surface area contributed by atoms with Gasteiger partial charge in [0.2, 0.25) is 5.90 Å². The van der Waals surface area contributed by atoms with Gasteiger partial charge in [0.25, 0.3) is 0 Å². The topological polar surface area (TPSA) is 51.5 Å². The lowest BCUT2D eigenvalue weighted by Gasteiger charge is -2.04. The Kier molecular flexibility index (Phi) is 4.28. The van der Waals surface area contributed by atoms with Crippen LogP contribution in [0, 0.1) is 20.8 Å². The highest BCUT2D eigenvalue weighted by atomic mass is 35.5. The summed E-state index contributed by atoms with van der Waals surface area (Å²) < 4.78 is 5.37. The molecule has 2 aromatic carbocycles. The van der Waals surface area contributed by atoms with Crippen molar-refractivity contribution in [3.05, 3.63) is 81.1 Å². The van der Waals surface area contributed by atoms with Gasteiger partial charge >= 0.3 is 5.97 Å². The Bertz CT molecular complexity index is 1140. The highest BCUT2D eigenvalue weighted by Gasteiger charge is 2.25. The number of carbonyl (C=O) groups is 1. The smallest absolute Gasteiger partial charge is 0.363 e. The highest BCUT2D eigenvalue weighted by Crippen LogP contribution is 2.27. The van der Waals surface area contributed by atoms with Crippen LogP contribution in [0.4, 0.5) is 0 Å². The summed E-state index contributed by atoms with van der Waals surface area (Å²) >= 11 is 6.34. The van der Waals surface area contributed by atoms with Crippen molar-refractivity contribution in [3.63, 3.8) is 0 Å². The van der Waals surface area contributed by atoms with Gasteiger partial charge in [-0.2, -0.15) is 0 Å². The molecule has 0 spiro atoms. The molecule has 0 radical (unpaired) electrons. The number of cyclic esters (lactones) is 1. The zero-order valence-corrected chi connectivity index (χ0v) is 16.0. The number of para-hydroxylation sites is 1. The minimum Gasteiger partial charge on any atom is -0.402 e. The lowest BCUT2D eigenvalue weighted by atomic mass is 10.1. The number of benzene rings is 2. The molecule has 2 heterocycles. The molecule has 0 unspecified atom stereocenters. The van der Waals surface area contributed by atoms with Crippen LogP contribution >= 0.6 is 11.6 Å². The first kappa shape index (κ1) is 17.4. The maximum atomic E-state index is 12.3. The van der Waals surface area contributed by atoms with Gasteiger partial charge in [0.05, 0.1) is 5.52 Å². The molecule has 0 fully saturated rings. The van der Waals surface area contributed by atoms with Gasteiger partial charge in [0.15, 0.2) is 5.70 Å². The fourth-order valence-electron chi connectivity index (χ4n) is 3.22. The number of rotatable bonds is 2. The third kappa shape index (κ3) is 3.36. The largest absolute Gasteiger partial charge is 0.402 e. The number of aromatic nitrogens is 1. The third-order valence-electron chi connectivity index (χ3n) is 4.41. The summed E-state index contributed by atoms with van der Waals surface area (Å²) in [6.07, 6.45) is 1.62. The molecule has 4 nitrogen and oxygen atoms in total. The average molecular weight is 377 g/mol. The van der Waals surface area contributed by atoms with Gasteiger partial charge in [-0.25, -0.2) is 14.8 Å². The zero-order chi connectivity index (χ0) is 19.1. The first-order chi connectivity index (χ1) is 12.9. The summed E-state index contributed by atoms with van der Waals surface area (Å²) in [7, 11) is 0. The van der Waals surface area contributed by atoms with E-state index in [1.807, 2.05) is 57.2 Å². The Hall–Kier alpha value is -2.98. The van der Waals surface area contributed by atoms with E-state index in [0.29, 0.717) is 16.6 Å². The molecule has 3 aromatic rings. The number of nitrogens with zero attached hydrogens (tertiary/aromatic N) is 2. The Morgan fingerprint density at radius 1 is 1.04 bits per heavy atom. The normalized spacial score (nSPS) is 15.3. The van der Waals surface area contributed by atoms with Gasteiger partial charge in [0.1, 0.15) is 5.15 Å². The Labute approximate surface area is 162 Å². The molecular weight excluding hydrogens is 360 g/mol. The van der Waals surface area contributed by atoms with Gasteiger partial charge in [-0.05, 0) is 50.6 Å². The quantitative estimate of drug-likeness (QED) is 0.352. The number of halogens is 1. The lowest BCUT2D eigenvalue weighted by molar-refractivity contribution is -0.129. The molecule has 5 heteroatoms. The van der Waals surface area contributed by atoms with Crippen LogP contribution in [0.25, 0.3) is 17.0 Å². The fraction of sp³-hybridized carbons (Fsp3) is 0.136. The van der Waals surface area contributed by atoms with E-state index >= 15 is 0 Å². The number of aliphatic imine (C=N–C) groups is 1. The summed E-state index contributed by atoms with van der Waals surface area (Å²) in [5, 5.41) is 1.28. The molecule has 27 heavy (non-hydrogen) atoms. The van der Waals surface area contributed by atoms with Gasteiger partial charge in [-0.15, -0.1) is 0 Å². The van der Waals surface area contributed by atoms with Crippen LogP contribution in [-0.4, -0.2) is 16.9 Å². The van der Waals surface area contributed by atoms with Crippen LogP contribution in [0.5, 0.6) is 0 Å². The van der Waals surface area contributed by atoms with E-state index in [9.17, 15) is 4.79 Å². The number of pyridine rings is 1. The Morgan fingerprint density at radius 3 is 2.52 bits per heavy atom. The molecule has 1 aromatic heterocycles. The van der Waals surface area contributed by atoms with Gasteiger partial charge in [-0.3, -0.25) is 0 Å². The summed E-state index contributed by atoms with van der Waals surface area (Å²) in [5.74, 6) is -0.191. The molecule has 1 aliphatic heterocycles. The van der Waals surface area contributed by atoms with E-state index in [0.717, 1.165) is 33.2 Å². The number of carbonyl (C=O) groups excluding carboxylic acids is 1. The van der Waals surface area contributed by atoms with E-state index in [-0.39, 0.29) is 5.70 Å². The van der Waals surface area contributed by atoms with Crippen LogP contribution in [0.15, 0.2) is 53.2 Å². The van der Waals surface area contributed by atoms with Crippen molar-refractivity contribution in [1.82, 2.24) is 4.98 Å². The van der Waals surface area contributed by atoms with E-state index in [2.05, 4.69) is 16.0 Å². The van der Waals surface area contributed by atoms with Crippen LogP contribution in [0.2, 0.25) is 5.15 Å². The van der Waals surface area contributed by atoms with E-state index < -0.39 is 5.97 Å². The predicted molar refractivity (Wildman–Crippen MR) is 108 cm³/mol. The molecule has 0 saturated carbocycles. The van der Waals surface area contributed by atoms with E-state index in [1.165, 1.54) is 0 Å².